The lowest BCUT2D eigenvalue weighted by Gasteiger charge is -2.58. The van der Waals surface area contributed by atoms with Gasteiger partial charge in [-0.3, -0.25) is 14.6 Å². The number of hydrogen-bond donors (Lipinski definition) is 1. The summed E-state index contributed by atoms with van der Waals surface area (Å²) in [6.45, 7) is 4.62. The summed E-state index contributed by atoms with van der Waals surface area (Å²) in [5, 5.41) is 9.94. The molecule has 1 N–H and O–H groups in total. The van der Waals surface area contributed by atoms with Crippen LogP contribution >= 0.6 is 0 Å². The number of benzene rings is 1. The van der Waals surface area contributed by atoms with Crippen molar-refractivity contribution in [3.63, 3.8) is 0 Å². The van der Waals surface area contributed by atoms with Crippen molar-refractivity contribution in [2.24, 2.45) is 5.92 Å². The number of nitrogens with zero attached hydrogens (tertiary/aromatic N) is 3. The number of rotatable bonds is 4. The number of aliphatic hydroxyl groups is 1. The molecule has 3 atom stereocenters. The highest BCUT2D eigenvalue weighted by Crippen LogP contribution is 2.43. The van der Waals surface area contributed by atoms with Gasteiger partial charge in [0.25, 0.3) is 5.91 Å². The Morgan fingerprint density at radius 2 is 2.00 bits per heavy atom. The minimum Gasteiger partial charge on any atom is -0.394 e. The predicted octanol–water partition coefficient (Wildman–Crippen LogP) is 2.29. The van der Waals surface area contributed by atoms with E-state index in [-0.39, 0.29) is 43.0 Å². The number of carbonyl (C=O) groups excluding carboxylic acids is 2. The summed E-state index contributed by atoms with van der Waals surface area (Å²) in [4.78, 5) is 33.0. The van der Waals surface area contributed by atoms with Gasteiger partial charge in [-0.2, -0.15) is 0 Å². The van der Waals surface area contributed by atoms with Crippen LogP contribution in [0.5, 0.6) is 0 Å². The number of carbonyl (C=O) groups is 2. The van der Waals surface area contributed by atoms with Crippen molar-refractivity contribution in [3.8, 4) is 11.8 Å². The van der Waals surface area contributed by atoms with Crippen molar-refractivity contribution in [2.75, 3.05) is 19.7 Å². The van der Waals surface area contributed by atoms with E-state index >= 15 is 0 Å². The van der Waals surface area contributed by atoms with Gasteiger partial charge in [0.15, 0.2) is 0 Å². The van der Waals surface area contributed by atoms with Crippen LogP contribution in [0.2, 0.25) is 0 Å². The van der Waals surface area contributed by atoms with Crippen molar-refractivity contribution < 1.29 is 14.7 Å². The first-order valence-corrected chi connectivity index (χ1v) is 10.7. The molecule has 2 fully saturated rings. The van der Waals surface area contributed by atoms with Crippen molar-refractivity contribution in [1.29, 1.82) is 0 Å². The third kappa shape index (κ3) is 4.19. The second-order valence-corrected chi connectivity index (χ2v) is 8.57. The van der Waals surface area contributed by atoms with Gasteiger partial charge in [0, 0.05) is 30.6 Å². The Morgan fingerprint density at radius 1 is 1.23 bits per heavy atom. The maximum atomic E-state index is 12.8. The summed E-state index contributed by atoms with van der Waals surface area (Å²) in [7, 11) is 0. The van der Waals surface area contributed by atoms with E-state index in [1.807, 2.05) is 24.3 Å². The molecule has 0 bridgehead atoms. The number of piperazine rings is 1. The number of amides is 2. The summed E-state index contributed by atoms with van der Waals surface area (Å²) < 4.78 is 0. The van der Waals surface area contributed by atoms with E-state index in [0.717, 1.165) is 17.5 Å². The lowest BCUT2D eigenvalue weighted by atomic mass is 9.73. The average molecular weight is 418 g/mol. The topological polar surface area (TPSA) is 73.7 Å². The fourth-order valence-electron chi connectivity index (χ4n) is 4.45. The molecule has 0 radical (unpaired) electrons. The molecule has 2 aliphatic heterocycles. The Hall–Kier alpha value is -3.17. The van der Waals surface area contributed by atoms with Crippen LogP contribution in [0.25, 0.3) is 0 Å². The first kappa shape index (κ1) is 21.1. The van der Waals surface area contributed by atoms with Gasteiger partial charge in [0.2, 0.25) is 5.91 Å². The fourth-order valence-corrected chi connectivity index (χ4v) is 4.45. The first-order chi connectivity index (χ1) is 15.0. The standard InChI is InChI=1S/C25H27N3O3/c1-17(2)6-5-7-18-9-11-19(12-10-18)24-21-14-27(15-23(30)28(21)22(24)16-29)25(31)20-8-3-4-13-26-20/h3-4,8-13,17,21-22,24,29H,6,14-16H2,1-2H3/t21-,22-,24-/m1/s1. The largest absolute Gasteiger partial charge is 0.394 e. The molecule has 1 aromatic carbocycles. The Morgan fingerprint density at radius 3 is 2.65 bits per heavy atom. The molecule has 2 saturated heterocycles. The van der Waals surface area contributed by atoms with E-state index in [2.05, 4.69) is 30.7 Å². The lowest BCUT2D eigenvalue weighted by Crippen LogP contribution is -2.73. The van der Waals surface area contributed by atoms with E-state index in [9.17, 15) is 14.7 Å². The van der Waals surface area contributed by atoms with Crippen LogP contribution in [-0.2, 0) is 4.79 Å². The van der Waals surface area contributed by atoms with Crippen LogP contribution in [0.15, 0.2) is 48.7 Å². The second-order valence-electron chi connectivity index (χ2n) is 8.57. The van der Waals surface area contributed by atoms with E-state index in [0.29, 0.717) is 18.2 Å². The van der Waals surface area contributed by atoms with Crippen LogP contribution in [0.1, 0.15) is 47.8 Å². The molecule has 1 aromatic heterocycles. The van der Waals surface area contributed by atoms with Crippen LogP contribution in [-0.4, -0.2) is 63.5 Å². The third-order valence-corrected chi connectivity index (χ3v) is 5.96. The Kier molecular flexibility index (Phi) is 6.06. The van der Waals surface area contributed by atoms with Crippen LogP contribution < -0.4 is 0 Å². The summed E-state index contributed by atoms with van der Waals surface area (Å²) >= 11 is 0. The molecule has 0 saturated carbocycles. The van der Waals surface area contributed by atoms with Gasteiger partial charge in [-0.1, -0.05) is 43.9 Å². The molecule has 2 aromatic rings. The van der Waals surface area contributed by atoms with Gasteiger partial charge in [0.1, 0.15) is 12.2 Å². The van der Waals surface area contributed by atoms with Crippen molar-refractivity contribution in [2.45, 2.75) is 38.3 Å². The molecule has 2 aliphatic rings. The van der Waals surface area contributed by atoms with Gasteiger partial charge in [-0.25, -0.2) is 0 Å². The number of pyridine rings is 1. The van der Waals surface area contributed by atoms with Crippen molar-refractivity contribution in [1.82, 2.24) is 14.8 Å². The predicted molar refractivity (Wildman–Crippen MR) is 117 cm³/mol. The number of hydrogen-bond acceptors (Lipinski definition) is 4. The minimum atomic E-state index is -0.262. The van der Waals surface area contributed by atoms with Crippen LogP contribution in [0.3, 0.4) is 0 Å². The Balaban J connectivity index is 1.52. The van der Waals surface area contributed by atoms with Crippen molar-refractivity contribution >= 4 is 11.8 Å². The van der Waals surface area contributed by atoms with Crippen molar-refractivity contribution in [3.05, 3.63) is 65.5 Å². The maximum absolute atomic E-state index is 12.8. The van der Waals surface area contributed by atoms with Crippen LogP contribution in [0.4, 0.5) is 0 Å². The van der Waals surface area contributed by atoms with E-state index in [1.165, 1.54) is 0 Å². The quantitative estimate of drug-likeness (QED) is 0.775. The smallest absolute Gasteiger partial charge is 0.272 e. The summed E-state index contributed by atoms with van der Waals surface area (Å²) in [5.41, 5.74) is 2.34. The highest BCUT2D eigenvalue weighted by molar-refractivity contribution is 5.96. The average Bonchev–Trinajstić information content (AvgIpc) is 2.76. The maximum Gasteiger partial charge on any atom is 0.272 e. The zero-order valence-electron chi connectivity index (χ0n) is 17.9. The number of aromatic nitrogens is 1. The second kappa shape index (κ2) is 8.91. The van der Waals surface area contributed by atoms with Gasteiger partial charge in [0.05, 0.1) is 18.7 Å². The molecule has 3 heterocycles. The fraction of sp³-hybridized carbons (Fsp3) is 0.400. The molecule has 0 spiro atoms. The zero-order valence-corrected chi connectivity index (χ0v) is 17.9. The van der Waals surface area contributed by atoms with Gasteiger partial charge < -0.3 is 14.9 Å². The van der Waals surface area contributed by atoms with E-state index in [1.54, 1.807) is 34.2 Å². The van der Waals surface area contributed by atoms with Gasteiger partial charge in [-0.05, 0) is 35.7 Å². The monoisotopic (exact) mass is 417 g/mol. The van der Waals surface area contributed by atoms with E-state index < -0.39 is 0 Å². The van der Waals surface area contributed by atoms with Gasteiger partial charge in [-0.15, -0.1) is 0 Å². The van der Waals surface area contributed by atoms with Crippen LogP contribution in [0, 0.1) is 17.8 Å². The minimum absolute atomic E-state index is 0.0134. The van der Waals surface area contributed by atoms with Gasteiger partial charge >= 0.3 is 0 Å². The number of fused-ring (bicyclic) bond motifs is 1. The molecule has 4 rings (SSSR count). The summed E-state index contributed by atoms with van der Waals surface area (Å²) in [5.74, 6) is 6.52. The normalized spacial score (nSPS) is 22.5. The summed E-state index contributed by atoms with van der Waals surface area (Å²) in [6.07, 6.45) is 2.43. The molecule has 6 heteroatoms. The highest BCUT2D eigenvalue weighted by Gasteiger charge is 2.54. The van der Waals surface area contributed by atoms with E-state index in [4.69, 9.17) is 0 Å². The SMILES string of the molecule is CC(C)CC#Cc1ccc([C@H]2[C@@H](CO)N3C(=O)CN(C(=O)c4ccccn4)C[C@H]23)cc1. The zero-order chi connectivity index (χ0) is 22.0. The molecular formula is C25H27N3O3. The molecule has 31 heavy (non-hydrogen) atoms. The highest BCUT2D eigenvalue weighted by atomic mass is 16.3. The molecule has 6 nitrogen and oxygen atoms in total. The molecular weight excluding hydrogens is 390 g/mol. The lowest BCUT2D eigenvalue weighted by molar-refractivity contribution is -0.159. The Labute approximate surface area is 182 Å². The Bertz CT molecular complexity index is 1010. The molecule has 0 unspecified atom stereocenters. The first-order valence-electron chi connectivity index (χ1n) is 10.7. The molecule has 0 aliphatic carbocycles. The molecule has 160 valence electrons. The third-order valence-electron chi connectivity index (χ3n) is 5.96. The molecule has 2 amide bonds. The number of aliphatic hydroxyl groups excluding tert-OH is 1. The summed E-state index contributed by atoms with van der Waals surface area (Å²) in [6, 6.07) is 12.8.